The maximum absolute atomic E-state index is 13.2. The van der Waals surface area contributed by atoms with E-state index in [1.165, 1.54) is 12.1 Å². The van der Waals surface area contributed by atoms with E-state index in [1.54, 1.807) is 35.4 Å². The van der Waals surface area contributed by atoms with Crippen molar-refractivity contribution in [2.45, 2.75) is 24.7 Å². The molecule has 0 spiro atoms. The predicted molar refractivity (Wildman–Crippen MR) is 76.4 cm³/mol. The average Bonchev–Trinajstić information content (AvgIpc) is 2.89. The molecule has 1 fully saturated rings. The summed E-state index contributed by atoms with van der Waals surface area (Å²) in [5.74, 6) is 0.570. The molecule has 1 aliphatic heterocycles. The molecule has 6 heteroatoms. The van der Waals surface area contributed by atoms with Crippen LogP contribution in [0.1, 0.15) is 23.6 Å². The Morgan fingerprint density at radius 2 is 1.82 bits per heavy atom. The van der Waals surface area contributed by atoms with E-state index in [0.29, 0.717) is 5.82 Å². The van der Waals surface area contributed by atoms with Gasteiger partial charge in [0.2, 0.25) is 0 Å². The molecule has 0 amide bonds. The van der Waals surface area contributed by atoms with Gasteiger partial charge in [0.05, 0.1) is 17.7 Å². The second kappa shape index (κ2) is 5.61. The van der Waals surface area contributed by atoms with Crippen molar-refractivity contribution in [1.29, 1.82) is 0 Å². The molecule has 3 nitrogen and oxygen atoms in total. The van der Waals surface area contributed by atoms with E-state index in [-0.39, 0.29) is 18.5 Å². The number of hydrogen-bond acceptors (Lipinski definition) is 3. The average molecular weight is 308 g/mol. The summed E-state index contributed by atoms with van der Waals surface area (Å²) in [7, 11) is 0. The molecule has 0 radical (unpaired) electrons. The predicted octanol–water partition coefficient (Wildman–Crippen LogP) is 3.41. The van der Waals surface area contributed by atoms with Gasteiger partial charge in [-0.3, -0.25) is 0 Å². The number of rotatable bonds is 2. The summed E-state index contributed by atoms with van der Waals surface area (Å²) in [6.45, 7) is 0.272. The molecule has 2 aromatic rings. The highest BCUT2D eigenvalue weighted by atomic mass is 19.4. The summed E-state index contributed by atoms with van der Waals surface area (Å²) in [4.78, 5) is 5.93. The van der Waals surface area contributed by atoms with Crippen molar-refractivity contribution < 1.29 is 18.3 Å². The van der Waals surface area contributed by atoms with Crippen molar-refractivity contribution in [3.63, 3.8) is 0 Å². The number of aliphatic hydroxyl groups excluding tert-OH is 1. The van der Waals surface area contributed by atoms with E-state index in [9.17, 15) is 18.3 Å². The lowest BCUT2D eigenvalue weighted by Crippen LogP contribution is -2.26. The van der Waals surface area contributed by atoms with Gasteiger partial charge in [-0.15, -0.1) is 0 Å². The van der Waals surface area contributed by atoms with Gasteiger partial charge in [-0.05, 0) is 30.2 Å². The molecule has 116 valence electrons. The number of halogens is 3. The molecular weight excluding hydrogens is 293 g/mol. The first kappa shape index (κ1) is 14.8. The van der Waals surface area contributed by atoms with Gasteiger partial charge in [0.25, 0.3) is 0 Å². The third-order valence-corrected chi connectivity index (χ3v) is 3.85. The van der Waals surface area contributed by atoms with Crippen LogP contribution in [0.5, 0.6) is 0 Å². The number of hydrogen-bond donors (Lipinski definition) is 1. The summed E-state index contributed by atoms with van der Waals surface area (Å²) in [5, 5.41) is 9.94. The van der Waals surface area contributed by atoms with Gasteiger partial charge in [0.15, 0.2) is 0 Å². The monoisotopic (exact) mass is 308 g/mol. The molecule has 2 atom stereocenters. The molecule has 1 saturated heterocycles. The zero-order chi connectivity index (χ0) is 15.7. The van der Waals surface area contributed by atoms with Crippen LogP contribution < -0.4 is 4.90 Å². The molecule has 1 aromatic heterocycles. The van der Waals surface area contributed by atoms with Crippen molar-refractivity contribution in [3.8, 4) is 0 Å². The Morgan fingerprint density at radius 1 is 1.09 bits per heavy atom. The number of aromatic nitrogens is 1. The SMILES string of the molecule is O[C@@H]1C[C@H](c2ccccc2C(F)(F)F)N(c2ccccn2)C1. The van der Waals surface area contributed by atoms with Gasteiger partial charge in [0, 0.05) is 12.7 Å². The van der Waals surface area contributed by atoms with Crippen molar-refractivity contribution >= 4 is 5.82 Å². The van der Waals surface area contributed by atoms with Crippen LogP contribution in [-0.4, -0.2) is 22.7 Å². The maximum Gasteiger partial charge on any atom is 0.416 e. The lowest BCUT2D eigenvalue weighted by atomic mass is 9.97. The number of nitrogens with zero attached hydrogens (tertiary/aromatic N) is 2. The molecule has 0 unspecified atom stereocenters. The number of alkyl halides is 3. The van der Waals surface area contributed by atoms with Crippen molar-refractivity contribution in [2.24, 2.45) is 0 Å². The topological polar surface area (TPSA) is 36.4 Å². The number of β-amino-alcohol motifs (C(OH)–C–C–N with tert-alkyl or cyclic N) is 1. The molecular formula is C16H15F3N2O. The van der Waals surface area contributed by atoms with E-state index in [0.717, 1.165) is 6.07 Å². The van der Waals surface area contributed by atoms with Crippen LogP contribution in [0.15, 0.2) is 48.7 Å². The van der Waals surface area contributed by atoms with E-state index in [4.69, 9.17) is 0 Å². The van der Waals surface area contributed by atoms with Crippen LogP contribution >= 0.6 is 0 Å². The number of pyridine rings is 1. The Labute approximate surface area is 126 Å². The first-order valence-corrected chi connectivity index (χ1v) is 6.98. The van der Waals surface area contributed by atoms with Gasteiger partial charge >= 0.3 is 6.18 Å². The molecule has 1 aromatic carbocycles. The van der Waals surface area contributed by atoms with E-state index >= 15 is 0 Å². The van der Waals surface area contributed by atoms with E-state index in [2.05, 4.69) is 4.98 Å². The van der Waals surface area contributed by atoms with Crippen molar-refractivity contribution in [1.82, 2.24) is 4.98 Å². The Bertz CT molecular complexity index is 645. The van der Waals surface area contributed by atoms with E-state index in [1.807, 2.05) is 0 Å². The summed E-state index contributed by atoms with van der Waals surface area (Å²) < 4.78 is 39.7. The largest absolute Gasteiger partial charge is 0.416 e. The van der Waals surface area contributed by atoms with Crippen LogP contribution in [0.3, 0.4) is 0 Å². The zero-order valence-electron chi connectivity index (χ0n) is 11.7. The lowest BCUT2D eigenvalue weighted by molar-refractivity contribution is -0.138. The number of anilines is 1. The normalized spacial score (nSPS) is 22.1. The van der Waals surface area contributed by atoms with Gasteiger partial charge < -0.3 is 10.0 Å². The Kier molecular flexibility index (Phi) is 3.78. The second-order valence-electron chi connectivity index (χ2n) is 5.33. The third kappa shape index (κ3) is 2.78. The summed E-state index contributed by atoms with van der Waals surface area (Å²) in [6.07, 6.45) is -3.25. The Morgan fingerprint density at radius 3 is 2.50 bits per heavy atom. The van der Waals surface area contributed by atoms with Crippen LogP contribution in [0.25, 0.3) is 0 Å². The minimum absolute atomic E-state index is 0.178. The first-order chi connectivity index (χ1) is 10.5. The molecule has 1 aliphatic rings. The molecule has 22 heavy (non-hydrogen) atoms. The smallest absolute Gasteiger partial charge is 0.391 e. The molecule has 3 rings (SSSR count). The molecule has 1 N–H and O–H groups in total. The Balaban J connectivity index is 2.03. The molecule has 0 bridgehead atoms. The van der Waals surface area contributed by atoms with Crippen LogP contribution in [0.2, 0.25) is 0 Å². The van der Waals surface area contributed by atoms with Gasteiger partial charge in [-0.1, -0.05) is 24.3 Å². The second-order valence-corrected chi connectivity index (χ2v) is 5.33. The zero-order valence-corrected chi connectivity index (χ0v) is 11.7. The summed E-state index contributed by atoms with van der Waals surface area (Å²) >= 11 is 0. The van der Waals surface area contributed by atoms with Gasteiger partial charge in [-0.25, -0.2) is 4.98 Å². The molecule has 0 saturated carbocycles. The quantitative estimate of drug-likeness (QED) is 0.923. The van der Waals surface area contributed by atoms with Crippen LogP contribution in [-0.2, 0) is 6.18 Å². The highest BCUT2D eigenvalue weighted by molar-refractivity contribution is 5.46. The van der Waals surface area contributed by atoms with Gasteiger partial charge in [-0.2, -0.15) is 13.2 Å². The minimum atomic E-state index is -4.42. The van der Waals surface area contributed by atoms with Crippen LogP contribution in [0.4, 0.5) is 19.0 Å². The highest BCUT2D eigenvalue weighted by Gasteiger charge is 2.40. The van der Waals surface area contributed by atoms with Crippen LogP contribution in [0, 0.1) is 0 Å². The lowest BCUT2D eigenvalue weighted by Gasteiger charge is -2.27. The third-order valence-electron chi connectivity index (χ3n) is 3.85. The number of benzene rings is 1. The Hall–Kier alpha value is -2.08. The highest BCUT2D eigenvalue weighted by Crippen LogP contribution is 2.41. The fraction of sp³-hybridized carbons (Fsp3) is 0.312. The standard InChI is InChI=1S/C16H15F3N2O/c17-16(18,19)13-6-2-1-5-12(13)14-9-11(22)10-21(14)15-7-3-4-8-20-15/h1-8,11,14,22H,9-10H2/t11-,14-/m1/s1. The molecule has 2 heterocycles. The van der Waals surface area contributed by atoms with Gasteiger partial charge in [0.1, 0.15) is 5.82 Å². The number of aliphatic hydroxyl groups is 1. The van der Waals surface area contributed by atoms with E-state index < -0.39 is 23.9 Å². The minimum Gasteiger partial charge on any atom is -0.391 e. The summed E-state index contributed by atoms with van der Waals surface area (Å²) in [5.41, 5.74) is -0.479. The first-order valence-electron chi connectivity index (χ1n) is 6.98. The summed E-state index contributed by atoms with van der Waals surface area (Å²) in [6, 6.07) is 10.2. The van der Waals surface area contributed by atoms with Crippen molar-refractivity contribution in [2.75, 3.05) is 11.4 Å². The maximum atomic E-state index is 13.2. The molecule has 0 aliphatic carbocycles. The van der Waals surface area contributed by atoms with Crippen molar-refractivity contribution in [3.05, 3.63) is 59.8 Å². The fourth-order valence-electron chi connectivity index (χ4n) is 2.93. The fourth-order valence-corrected chi connectivity index (χ4v) is 2.93.